The molecule has 2 rings (SSSR count). The van der Waals surface area contributed by atoms with E-state index in [0.29, 0.717) is 18.7 Å². The van der Waals surface area contributed by atoms with Crippen molar-refractivity contribution in [2.24, 2.45) is 0 Å². The Morgan fingerprint density at radius 2 is 2.11 bits per heavy atom. The van der Waals surface area contributed by atoms with Crippen LogP contribution in [0, 0.1) is 12.7 Å². The lowest BCUT2D eigenvalue weighted by molar-refractivity contribution is 0.596. The Morgan fingerprint density at radius 1 is 1.32 bits per heavy atom. The van der Waals surface area contributed by atoms with Gasteiger partial charge in [0.05, 0.1) is 5.69 Å². The summed E-state index contributed by atoms with van der Waals surface area (Å²) >= 11 is 0. The summed E-state index contributed by atoms with van der Waals surface area (Å²) in [6, 6.07) is 5.69. The van der Waals surface area contributed by atoms with Gasteiger partial charge in [-0.15, -0.1) is 0 Å². The molecular formula is C14H17FN4. The lowest BCUT2D eigenvalue weighted by Gasteiger charge is -2.11. The molecule has 0 saturated carbocycles. The van der Waals surface area contributed by atoms with Crippen molar-refractivity contribution in [2.75, 3.05) is 11.1 Å². The van der Waals surface area contributed by atoms with Gasteiger partial charge in [-0.05, 0) is 30.5 Å². The van der Waals surface area contributed by atoms with Crippen molar-refractivity contribution in [3.8, 4) is 0 Å². The van der Waals surface area contributed by atoms with Crippen molar-refractivity contribution < 1.29 is 4.39 Å². The molecule has 0 atom stereocenters. The zero-order chi connectivity index (χ0) is 13.8. The number of aryl methyl sites for hydroxylation is 1. The minimum Gasteiger partial charge on any atom is -0.399 e. The monoisotopic (exact) mass is 260 g/mol. The van der Waals surface area contributed by atoms with Crippen molar-refractivity contribution in [1.29, 1.82) is 0 Å². The van der Waals surface area contributed by atoms with Crippen LogP contribution in [0.25, 0.3) is 0 Å². The Morgan fingerprint density at radius 3 is 2.84 bits per heavy atom. The number of rotatable bonds is 4. The first-order valence-corrected chi connectivity index (χ1v) is 6.20. The number of hydrogen-bond donors (Lipinski definition) is 2. The molecule has 1 heterocycles. The Hall–Kier alpha value is -2.17. The van der Waals surface area contributed by atoms with E-state index in [1.807, 2.05) is 32.0 Å². The first-order chi connectivity index (χ1) is 9.13. The van der Waals surface area contributed by atoms with E-state index in [0.717, 1.165) is 16.8 Å². The molecule has 0 spiro atoms. The number of nitrogen functional groups attached to an aromatic ring is 1. The molecule has 0 aliphatic carbocycles. The molecule has 100 valence electrons. The summed E-state index contributed by atoms with van der Waals surface area (Å²) in [4.78, 5) is 7.82. The van der Waals surface area contributed by atoms with Crippen LogP contribution in [0.4, 0.5) is 15.9 Å². The molecule has 1 aromatic carbocycles. The van der Waals surface area contributed by atoms with E-state index >= 15 is 0 Å². The van der Waals surface area contributed by atoms with Gasteiger partial charge in [0.15, 0.2) is 11.6 Å². The topological polar surface area (TPSA) is 63.8 Å². The van der Waals surface area contributed by atoms with E-state index < -0.39 is 0 Å². The van der Waals surface area contributed by atoms with Crippen LogP contribution in [0.15, 0.2) is 24.5 Å². The zero-order valence-electron chi connectivity index (χ0n) is 11.1. The van der Waals surface area contributed by atoms with Gasteiger partial charge in [0.2, 0.25) is 0 Å². The van der Waals surface area contributed by atoms with Gasteiger partial charge in [-0.2, -0.15) is 0 Å². The van der Waals surface area contributed by atoms with Gasteiger partial charge in [-0.25, -0.2) is 14.4 Å². The van der Waals surface area contributed by atoms with Gasteiger partial charge in [0.1, 0.15) is 6.33 Å². The molecule has 2 aromatic rings. The van der Waals surface area contributed by atoms with Crippen LogP contribution in [0.3, 0.4) is 0 Å². The van der Waals surface area contributed by atoms with E-state index in [1.165, 1.54) is 6.33 Å². The summed E-state index contributed by atoms with van der Waals surface area (Å²) < 4.78 is 13.9. The van der Waals surface area contributed by atoms with Crippen LogP contribution < -0.4 is 11.1 Å². The third-order valence-electron chi connectivity index (χ3n) is 3.13. The van der Waals surface area contributed by atoms with Crippen LogP contribution in [0.5, 0.6) is 0 Å². The van der Waals surface area contributed by atoms with E-state index in [4.69, 9.17) is 5.73 Å². The fourth-order valence-corrected chi connectivity index (χ4v) is 1.85. The van der Waals surface area contributed by atoms with Crippen molar-refractivity contribution in [2.45, 2.75) is 26.8 Å². The van der Waals surface area contributed by atoms with Gasteiger partial charge >= 0.3 is 0 Å². The first-order valence-electron chi connectivity index (χ1n) is 6.20. The number of nitrogens with zero attached hydrogens (tertiary/aromatic N) is 2. The fraction of sp³-hybridized carbons (Fsp3) is 0.286. The van der Waals surface area contributed by atoms with Crippen molar-refractivity contribution in [1.82, 2.24) is 9.97 Å². The van der Waals surface area contributed by atoms with Gasteiger partial charge in [-0.3, -0.25) is 0 Å². The quantitative estimate of drug-likeness (QED) is 0.830. The molecular weight excluding hydrogens is 243 g/mol. The molecule has 1 aromatic heterocycles. The van der Waals surface area contributed by atoms with Crippen molar-refractivity contribution in [3.63, 3.8) is 0 Å². The van der Waals surface area contributed by atoms with Gasteiger partial charge in [0.25, 0.3) is 0 Å². The lowest BCUT2D eigenvalue weighted by Crippen LogP contribution is -2.08. The molecule has 0 radical (unpaired) electrons. The summed E-state index contributed by atoms with van der Waals surface area (Å²) in [5, 5.41) is 2.99. The molecule has 0 saturated heterocycles. The highest BCUT2D eigenvalue weighted by atomic mass is 19.1. The number of nitrogens with one attached hydrogen (secondary N) is 1. The number of hydrogen-bond acceptors (Lipinski definition) is 4. The van der Waals surface area contributed by atoms with E-state index in [-0.39, 0.29) is 11.6 Å². The Kier molecular flexibility index (Phi) is 3.94. The summed E-state index contributed by atoms with van der Waals surface area (Å²) in [6.07, 6.45) is 1.91. The summed E-state index contributed by atoms with van der Waals surface area (Å²) in [6.45, 7) is 4.28. The van der Waals surface area contributed by atoms with Crippen molar-refractivity contribution >= 4 is 11.5 Å². The number of halogens is 1. The maximum Gasteiger partial charge on any atom is 0.186 e. The first kappa shape index (κ1) is 13.3. The van der Waals surface area contributed by atoms with Gasteiger partial charge in [-0.1, -0.05) is 19.1 Å². The fourth-order valence-electron chi connectivity index (χ4n) is 1.85. The lowest BCUT2D eigenvalue weighted by atomic mass is 10.1. The molecule has 5 heteroatoms. The molecule has 3 N–H and O–H groups in total. The largest absolute Gasteiger partial charge is 0.399 e. The minimum absolute atomic E-state index is 0.230. The number of nitrogens with two attached hydrogens (primary N) is 1. The minimum atomic E-state index is -0.383. The van der Waals surface area contributed by atoms with Gasteiger partial charge < -0.3 is 11.1 Å². The van der Waals surface area contributed by atoms with E-state index in [2.05, 4.69) is 15.3 Å². The Labute approximate surface area is 111 Å². The molecule has 0 bridgehead atoms. The summed E-state index contributed by atoms with van der Waals surface area (Å²) in [5.74, 6) is -0.153. The van der Waals surface area contributed by atoms with Crippen LogP contribution in [-0.2, 0) is 13.0 Å². The number of aromatic nitrogens is 2. The molecule has 0 amide bonds. The molecule has 4 nitrogen and oxygen atoms in total. The Balaban J connectivity index is 2.17. The van der Waals surface area contributed by atoms with E-state index in [9.17, 15) is 4.39 Å². The second kappa shape index (κ2) is 5.65. The highest BCUT2D eigenvalue weighted by Gasteiger charge is 2.09. The third kappa shape index (κ3) is 2.81. The predicted octanol–water partition coefficient (Wildman–Crippen LogP) is 2.68. The second-order valence-corrected chi connectivity index (χ2v) is 4.32. The second-order valence-electron chi connectivity index (χ2n) is 4.32. The molecule has 0 aliphatic rings. The standard InChI is InChI=1S/C14H17FN4/c1-3-12-13(15)14(19-8-18-12)17-7-10-5-4-6-11(16)9(10)2/h4-6,8H,3,7,16H2,1-2H3,(H,17,18,19). The highest BCUT2D eigenvalue weighted by Crippen LogP contribution is 2.18. The SMILES string of the molecule is CCc1ncnc(NCc2cccc(N)c2C)c1F. The van der Waals surface area contributed by atoms with Crippen LogP contribution >= 0.6 is 0 Å². The molecule has 0 fully saturated rings. The maximum absolute atomic E-state index is 13.9. The normalized spacial score (nSPS) is 10.5. The average molecular weight is 260 g/mol. The number of anilines is 2. The molecule has 19 heavy (non-hydrogen) atoms. The molecule has 0 aliphatic heterocycles. The summed E-state index contributed by atoms with van der Waals surface area (Å²) in [7, 11) is 0. The van der Waals surface area contributed by atoms with Crippen LogP contribution in [0.1, 0.15) is 23.7 Å². The van der Waals surface area contributed by atoms with Crippen LogP contribution in [-0.4, -0.2) is 9.97 Å². The van der Waals surface area contributed by atoms with Gasteiger partial charge in [0, 0.05) is 12.2 Å². The molecule has 0 unspecified atom stereocenters. The summed E-state index contributed by atoms with van der Waals surface area (Å²) in [5.41, 5.74) is 9.01. The highest BCUT2D eigenvalue weighted by molar-refractivity contribution is 5.51. The third-order valence-corrected chi connectivity index (χ3v) is 3.13. The Bertz CT molecular complexity index is 584. The predicted molar refractivity (Wildman–Crippen MR) is 74.3 cm³/mol. The van der Waals surface area contributed by atoms with Crippen molar-refractivity contribution in [3.05, 3.63) is 47.2 Å². The van der Waals surface area contributed by atoms with E-state index in [1.54, 1.807) is 0 Å². The average Bonchev–Trinajstić information content (AvgIpc) is 2.42. The smallest absolute Gasteiger partial charge is 0.186 e. The van der Waals surface area contributed by atoms with Crippen LogP contribution in [0.2, 0.25) is 0 Å². The number of benzene rings is 1. The maximum atomic E-state index is 13.9. The zero-order valence-corrected chi connectivity index (χ0v) is 11.1.